The second-order valence-electron chi connectivity index (χ2n) is 5.28. The number of anilines is 3. The van der Waals surface area contributed by atoms with Crippen LogP contribution in [0.15, 0.2) is 36.5 Å². The molecule has 4 nitrogen and oxygen atoms in total. The number of nitrogen functional groups attached to an aromatic ring is 1. The largest absolute Gasteiger partial charge is 0.493 e. The van der Waals surface area contributed by atoms with Crippen molar-refractivity contribution in [1.29, 1.82) is 0 Å². The Morgan fingerprint density at radius 3 is 2.55 bits per heavy atom. The highest BCUT2D eigenvalue weighted by atomic mass is 16.5. The van der Waals surface area contributed by atoms with E-state index in [9.17, 15) is 0 Å². The third-order valence-corrected chi connectivity index (χ3v) is 2.86. The van der Waals surface area contributed by atoms with Crippen molar-refractivity contribution in [2.24, 2.45) is 5.92 Å². The minimum Gasteiger partial charge on any atom is -0.493 e. The number of rotatable bonds is 5. The maximum absolute atomic E-state index is 5.75. The van der Waals surface area contributed by atoms with Crippen LogP contribution in [-0.2, 0) is 0 Å². The first-order valence-electron chi connectivity index (χ1n) is 6.76. The first-order valence-corrected chi connectivity index (χ1v) is 6.76. The number of aromatic nitrogens is 1. The number of aryl methyl sites for hydroxylation is 1. The van der Waals surface area contributed by atoms with Gasteiger partial charge in [-0.05, 0) is 48.7 Å². The van der Waals surface area contributed by atoms with Gasteiger partial charge >= 0.3 is 0 Å². The van der Waals surface area contributed by atoms with Gasteiger partial charge in [0.1, 0.15) is 11.6 Å². The lowest BCUT2D eigenvalue weighted by Crippen LogP contribution is -2.04. The predicted molar refractivity (Wildman–Crippen MR) is 83.4 cm³/mol. The van der Waals surface area contributed by atoms with Gasteiger partial charge in [0.25, 0.3) is 0 Å². The molecule has 0 unspecified atom stereocenters. The Balaban J connectivity index is 2.01. The molecule has 20 heavy (non-hydrogen) atoms. The molecule has 0 radical (unpaired) electrons. The van der Waals surface area contributed by atoms with E-state index in [1.54, 1.807) is 6.20 Å². The van der Waals surface area contributed by atoms with Crippen molar-refractivity contribution < 1.29 is 4.74 Å². The average molecular weight is 271 g/mol. The molecular formula is C16H21N3O. The molecule has 0 aliphatic carbocycles. The van der Waals surface area contributed by atoms with Crippen molar-refractivity contribution in [2.45, 2.75) is 20.8 Å². The van der Waals surface area contributed by atoms with E-state index >= 15 is 0 Å². The van der Waals surface area contributed by atoms with Crippen LogP contribution in [0.5, 0.6) is 5.75 Å². The molecule has 1 aromatic heterocycles. The zero-order valence-electron chi connectivity index (χ0n) is 12.2. The normalized spacial score (nSPS) is 10.6. The van der Waals surface area contributed by atoms with Crippen molar-refractivity contribution in [2.75, 3.05) is 17.7 Å². The highest BCUT2D eigenvalue weighted by Crippen LogP contribution is 2.21. The van der Waals surface area contributed by atoms with E-state index in [2.05, 4.69) is 24.1 Å². The van der Waals surface area contributed by atoms with E-state index in [1.165, 1.54) is 0 Å². The molecule has 0 aliphatic rings. The van der Waals surface area contributed by atoms with E-state index in [4.69, 9.17) is 10.5 Å². The minimum absolute atomic E-state index is 0.523. The van der Waals surface area contributed by atoms with E-state index in [0.29, 0.717) is 11.6 Å². The van der Waals surface area contributed by atoms with Crippen molar-refractivity contribution >= 4 is 17.2 Å². The van der Waals surface area contributed by atoms with Crippen molar-refractivity contribution in [1.82, 2.24) is 4.98 Å². The van der Waals surface area contributed by atoms with Crippen molar-refractivity contribution in [3.8, 4) is 5.75 Å². The minimum atomic E-state index is 0.523. The molecular weight excluding hydrogens is 250 g/mol. The number of nitrogens with two attached hydrogens (primary N) is 1. The molecule has 0 saturated heterocycles. The molecule has 4 heteroatoms. The zero-order chi connectivity index (χ0) is 14.5. The molecule has 3 N–H and O–H groups in total. The Bertz CT molecular complexity index is 564. The average Bonchev–Trinajstić information content (AvgIpc) is 2.42. The lowest BCUT2D eigenvalue weighted by molar-refractivity contribution is 0.271. The molecule has 2 aromatic rings. The van der Waals surface area contributed by atoms with Gasteiger partial charge in [-0.25, -0.2) is 4.98 Å². The molecule has 1 heterocycles. The van der Waals surface area contributed by atoms with Crippen molar-refractivity contribution in [3.63, 3.8) is 0 Å². The van der Waals surface area contributed by atoms with Gasteiger partial charge < -0.3 is 15.8 Å². The van der Waals surface area contributed by atoms with Crippen LogP contribution in [0.1, 0.15) is 19.4 Å². The summed E-state index contributed by atoms with van der Waals surface area (Å²) < 4.78 is 5.65. The molecule has 1 aromatic carbocycles. The fraction of sp³-hybridized carbons (Fsp3) is 0.312. The van der Waals surface area contributed by atoms with Crippen LogP contribution in [-0.4, -0.2) is 11.6 Å². The van der Waals surface area contributed by atoms with E-state index in [-0.39, 0.29) is 0 Å². The number of hydrogen-bond donors (Lipinski definition) is 2. The first kappa shape index (κ1) is 14.2. The summed E-state index contributed by atoms with van der Waals surface area (Å²) in [5.41, 5.74) is 8.44. The highest BCUT2D eigenvalue weighted by Gasteiger charge is 2.01. The first-order chi connectivity index (χ1) is 9.54. The molecule has 0 bridgehead atoms. The summed E-state index contributed by atoms with van der Waals surface area (Å²) in [6.45, 7) is 6.95. The van der Waals surface area contributed by atoms with Crippen LogP contribution in [0.4, 0.5) is 17.2 Å². The fourth-order valence-corrected chi connectivity index (χ4v) is 1.68. The Kier molecular flexibility index (Phi) is 4.45. The third-order valence-electron chi connectivity index (χ3n) is 2.86. The monoisotopic (exact) mass is 271 g/mol. The lowest BCUT2D eigenvalue weighted by atomic mass is 10.2. The SMILES string of the molecule is Cc1cc(Nc2ccc(OCC(C)C)cc2)ncc1N. The number of nitrogens with zero attached hydrogens (tertiary/aromatic N) is 1. The predicted octanol–water partition coefficient (Wildman–Crippen LogP) is 3.75. The summed E-state index contributed by atoms with van der Waals surface area (Å²) >= 11 is 0. The lowest BCUT2D eigenvalue weighted by Gasteiger charge is -2.10. The number of hydrogen-bond acceptors (Lipinski definition) is 4. The number of nitrogens with one attached hydrogen (secondary N) is 1. The summed E-state index contributed by atoms with van der Waals surface area (Å²) in [5.74, 6) is 2.19. The summed E-state index contributed by atoms with van der Waals surface area (Å²) in [6, 6.07) is 9.79. The number of benzene rings is 1. The Morgan fingerprint density at radius 1 is 1.25 bits per heavy atom. The van der Waals surface area contributed by atoms with E-state index in [1.807, 2.05) is 37.3 Å². The summed E-state index contributed by atoms with van der Waals surface area (Å²) in [5, 5.41) is 3.24. The van der Waals surface area contributed by atoms with Crippen LogP contribution in [0.3, 0.4) is 0 Å². The van der Waals surface area contributed by atoms with Gasteiger partial charge in [0.15, 0.2) is 0 Å². The van der Waals surface area contributed by atoms with Crippen molar-refractivity contribution in [3.05, 3.63) is 42.1 Å². The highest BCUT2D eigenvalue weighted by molar-refractivity contribution is 5.60. The Labute approximate surface area is 120 Å². The Morgan fingerprint density at radius 2 is 1.95 bits per heavy atom. The molecule has 0 saturated carbocycles. The molecule has 0 amide bonds. The second kappa shape index (κ2) is 6.28. The summed E-state index contributed by atoms with van der Waals surface area (Å²) in [4.78, 5) is 4.25. The maximum Gasteiger partial charge on any atom is 0.130 e. The molecule has 106 valence electrons. The summed E-state index contributed by atoms with van der Waals surface area (Å²) in [6.07, 6.45) is 1.66. The van der Waals surface area contributed by atoms with Gasteiger partial charge in [0.05, 0.1) is 18.5 Å². The molecule has 0 atom stereocenters. The van der Waals surface area contributed by atoms with Gasteiger partial charge in [-0.2, -0.15) is 0 Å². The van der Waals surface area contributed by atoms with Crippen LogP contribution in [0.2, 0.25) is 0 Å². The van der Waals surface area contributed by atoms with E-state index < -0.39 is 0 Å². The molecule has 0 aliphatic heterocycles. The molecule has 0 fully saturated rings. The fourth-order valence-electron chi connectivity index (χ4n) is 1.68. The van der Waals surface area contributed by atoms with Gasteiger partial charge in [-0.1, -0.05) is 13.8 Å². The van der Waals surface area contributed by atoms with Crippen LogP contribution in [0.25, 0.3) is 0 Å². The van der Waals surface area contributed by atoms with Gasteiger partial charge in [-0.15, -0.1) is 0 Å². The molecule has 0 spiro atoms. The van der Waals surface area contributed by atoms with Gasteiger partial charge in [0.2, 0.25) is 0 Å². The second-order valence-corrected chi connectivity index (χ2v) is 5.28. The maximum atomic E-state index is 5.75. The van der Waals surface area contributed by atoms with Crippen LogP contribution in [0, 0.1) is 12.8 Å². The van der Waals surface area contributed by atoms with Gasteiger partial charge in [0, 0.05) is 5.69 Å². The van der Waals surface area contributed by atoms with Crippen LogP contribution < -0.4 is 15.8 Å². The quantitative estimate of drug-likeness (QED) is 0.869. The number of ether oxygens (including phenoxy) is 1. The zero-order valence-corrected chi connectivity index (χ0v) is 12.2. The molecule has 2 rings (SSSR count). The third kappa shape index (κ3) is 3.88. The smallest absolute Gasteiger partial charge is 0.130 e. The van der Waals surface area contributed by atoms with E-state index in [0.717, 1.165) is 29.4 Å². The standard InChI is InChI=1S/C16H21N3O/c1-11(2)10-20-14-6-4-13(5-7-14)19-16-8-12(3)15(17)9-18-16/h4-9,11H,10,17H2,1-3H3,(H,18,19). The van der Waals surface area contributed by atoms with Crippen LogP contribution >= 0.6 is 0 Å². The Hall–Kier alpha value is -2.23. The summed E-state index contributed by atoms with van der Waals surface area (Å²) in [7, 11) is 0. The number of pyridine rings is 1. The van der Waals surface area contributed by atoms with Gasteiger partial charge in [-0.3, -0.25) is 0 Å². The topological polar surface area (TPSA) is 60.2 Å².